The van der Waals surface area contributed by atoms with Crippen molar-refractivity contribution in [1.82, 2.24) is 9.80 Å². The van der Waals surface area contributed by atoms with Crippen molar-refractivity contribution in [2.45, 2.75) is 53.6 Å². The predicted octanol–water partition coefficient (Wildman–Crippen LogP) is 2.50. The Kier molecular flexibility index (Phi) is 5.05. The Morgan fingerprint density at radius 1 is 0.900 bits per heavy atom. The van der Waals surface area contributed by atoms with E-state index in [1.807, 2.05) is 25.7 Å². The van der Waals surface area contributed by atoms with Gasteiger partial charge in [0, 0.05) is 32.6 Å². The molecule has 1 aliphatic rings. The highest BCUT2D eigenvalue weighted by atomic mass is 16.6. The van der Waals surface area contributed by atoms with Crippen molar-refractivity contribution in [2.24, 2.45) is 5.41 Å². The number of rotatable bonds is 1. The molecule has 0 N–H and O–H groups in total. The van der Waals surface area contributed by atoms with Crippen LogP contribution in [-0.2, 0) is 9.53 Å². The molecule has 5 nitrogen and oxygen atoms in total. The molecule has 0 spiro atoms. The van der Waals surface area contributed by atoms with Gasteiger partial charge in [0.25, 0.3) is 0 Å². The summed E-state index contributed by atoms with van der Waals surface area (Å²) in [4.78, 5) is 27.5. The van der Waals surface area contributed by atoms with E-state index in [2.05, 4.69) is 20.8 Å². The minimum absolute atomic E-state index is 0.000612. The molecule has 116 valence electrons. The number of hydrogen-bond donors (Lipinski definition) is 0. The van der Waals surface area contributed by atoms with E-state index >= 15 is 0 Å². The summed E-state index contributed by atoms with van der Waals surface area (Å²) in [5, 5.41) is 0. The molecule has 0 radical (unpaired) electrons. The zero-order valence-electron chi connectivity index (χ0n) is 13.7. The highest BCUT2D eigenvalue weighted by Crippen LogP contribution is 2.20. The first-order valence-corrected chi connectivity index (χ1v) is 7.24. The standard InChI is InChI=1S/C15H28N2O3/c1-14(2,3)11-12(18)16-7-9-17(10-8-16)13(19)20-15(4,5)6/h7-11H2,1-6H3. The lowest BCUT2D eigenvalue weighted by Crippen LogP contribution is -2.52. The number of piperazine rings is 1. The number of hydrogen-bond acceptors (Lipinski definition) is 3. The molecule has 0 atom stereocenters. The zero-order chi connectivity index (χ0) is 15.6. The van der Waals surface area contributed by atoms with Crippen molar-refractivity contribution in [1.29, 1.82) is 0 Å². The van der Waals surface area contributed by atoms with Crippen molar-refractivity contribution in [3.63, 3.8) is 0 Å². The van der Waals surface area contributed by atoms with Crippen LogP contribution >= 0.6 is 0 Å². The first-order chi connectivity index (χ1) is 8.98. The minimum atomic E-state index is -0.476. The van der Waals surface area contributed by atoms with E-state index in [4.69, 9.17) is 4.74 Å². The topological polar surface area (TPSA) is 49.9 Å². The van der Waals surface area contributed by atoms with Gasteiger partial charge in [-0.1, -0.05) is 20.8 Å². The van der Waals surface area contributed by atoms with Gasteiger partial charge in [0.1, 0.15) is 5.60 Å². The largest absolute Gasteiger partial charge is 0.444 e. The average Bonchev–Trinajstić information content (AvgIpc) is 2.24. The Hall–Kier alpha value is -1.26. The Morgan fingerprint density at radius 3 is 1.75 bits per heavy atom. The van der Waals surface area contributed by atoms with Crippen molar-refractivity contribution < 1.29 is 14.3 Å². The van der Waals surface area contributed by atoms with Gasteiger partial charge in [-0.05, 0) is 26.2 Å². The van der Waals surface area contributed by atoms with Gasteiger partial charge < -0.3 is 14.5 Å². The normalized spacial score (nSPS) is 17.1. The Morgan fingerprint density at radius 2 is 1.35 bits per heavy atom. The van der Waals surface area contributed by atoms with Crippen LogP contribution in [-0.4, -0.2) is 53.6 Å². The van der Waals surface area contributed by atoms with E-state index in [0.717, 1.165) is 0 Å². The third kappa shape index (κ3) is 5.80. The predicted molar refractivity (Wildman–Crippen MR) is 78.5 cm³/mol. The molecule has 0 aliphatic carbocycles. The van der Waals surface area contributed by atoms with Crippen LogP contribution in [0.2, 0.25) is 0 Å². The lowest BCUT2D eigenvalue weighted by molar-refractivity contribution is -0.134. The summed E-state index contributed by atoms with van der Waals surface area (Å²) >= 11 is 0. The molecule has 0 aromatic rings. The summed E-state index contributed by atoms with van der Waals surface area (Å²) in [5.41, 5.74) is -0.477. The van der Waals surface area contributed by atoms with E-state index in [-0.39, 0.29) is 17.4 Å². The molecular formula is C15H28N2O3. The Bertz CT molecular complexity index is 322. The minimum Gasteiger partial charge on any atom is -0.444 e. The van der Waals surface area contributed by atoms with Crippen molar-refractivity contribution in [3.05, 3.63) is 0 Å². The van der Waals surface area contributed by atoms with Crippen LogP contribution in [0.5, 0.6) is 0 Å². The van der Waals surface area contributed by atoms with Gasteiger partial charge in [0.2, 0.25) is 5.91 Å². The van der Waals surface area contributed by atoms with E-state index in [9.17, 15) is 9.59 Å². The van der Waals surface area contributed by atoms with Gasteiger partial charge in [0.05, 0.1) is 0 Å². The molecule has 2 amide bonds. The van der Waals surface area contributed by atoms with Gasteiger partial charge in [-0.15, -0.1) is 0 Å². The van der Waals surface area contributed by atoms with E-state index in [1.54, 1.807) is 4.90 Å². The second-order valence-corrected chi connectivity index (χ2v) is 7.59. The maximum absolute atomic E-state index is 12.1. The molecule has 20 heavy (non-hydrogen) atoms. The number of nitrogens with zero attached hydrogens (tertiary/aromatic N) is 2. The Labute approximate surface area is 122 Å². The summed E-state index contributed by atoms with van der Waals surface area (Å²) in [5.74, 6) is 0.168. The smallest absolute Gasteiger partial charge is 0.410 e. The van der Waals surface area contributed by atoms with Crippen molar-refractivity contribution in [3.8, 4) is 0 Å². The summed E-state index contributed by atoms with van der Waals surface area (Å²) in [6.07, 6.45) is 0.250. The van der Waals surface area contributed by atoms with Crippen LogP contribution < -0.4 is 0 Å². The number of carbonyl (C=O) groups excluding carboxylic acids is 2. The molecule has 0 aromatic heterocycles. The van der Waals surface area contributed by atoms with Crippen molar-refractivity contribution >= 4 is 12.0 Å². The van der Waals surface area contributed by atoms with E-state index < -0.39 is 5.60 Å². The third-order valence-corrected chi connectivity index (χ3v) is 2.97. The van der Waals surface area contributed by atoms with Crippen LogP contribution in [0.15, 0.2) is 0 Å². The van der Waals surface area contributed by atoms with Gasteiger partial charge in [-0.25, -0.2) is 4.79 Å². The molecule has 1 fully saturated rings. The fraction of sp³-hybridized carbons (Fsp3) is 0.867. The van der Waals surface area contributed by atoms with Crippen LogP contribution in [0.25, 0.3) is 0 Å². The molecule has 1 heterocycles. The van der Waals surface area contributed by atoms with Crippen molar-refractivity contribution in [2.75, 3.05) is 26.2 Å². The molecule has 5 heteroatoms. The summed E-state index contributed by atoms with van der Waals surface area (Å²) < 4.78 is 5.34. The molecule has 0 unspecified atom stereocenters. The molecule has 1 aliphatic heterocycles. The lowest BCUT2D eigenvalue weighted by Gasteiger charge is -2.36. The van der Waals surface area contributed by atoms with Crippen LogP contribution in [0.4, 0.5) is 4.79 Å². The fourth-order valence-corrected chi connectivity index (χ4v) is 2.03. The first-order valence-electron chi connectivity index (χ1n) is 7.24. The second kappa shape index (κ2) is 6.02. The third-order valence-electron chi connectivity index (χ3n) is 2.97. The fourth-order valence-electron chi connectivity index (χ4n) is 2.03. The first kappa shape index (κ1) is 16.8. The SMILES string of the molecule is CC(C)(C)CC(=O)N1CCN(C(=O)OC(C)(C)C)CC1. The Balaban J connectivity index is 2.44. The maximum atomic E-state index is 12.1. The monoisotopic (exact) mass is 284 g/mol. The second-order valence-electron chi connectivity index (χ2n) is 7.59. The van der Waals surface area contributed by atoms with Crippen LogP contribution in [0.1, 0.15) is 48.0 Å². The molecule has 1 saturated heterocycles. The van der Waals surface area contributed by atoms with Gasteiger partial charge >= 0.3 is 6.09 Å². The van der Waals surface area contributed by atoms with Crippen LogP contribution in [0.3, 0.4) is 0 Å². The van der Waals surface area contributed by atoms with E-state index in [0.29, 0.717) is 32.6 Å². The van der Waals surface area contributed by atoms with Gasteiger partial charge in [-0.3, -0.25) is 4.79 Å². The summed E-state index contributed by atoms with van der Waals surface area (Å²) in [6, 6.07) is 0. The summed E-state index contributed by atoms with van der Waals surface area (Å²) in [7, 11) is 0. The molecule has 0 aromatic carbocycles. The molecule has 1 rings (SSSR count). The number of amides is 2. The van der Waals surface area contributed by atoms with Crippen LogP contribution in [0, 0.1) is 5.41 Å². The van der Waals surface area contributed by atoms with Gasteiger partial charge in [-0.2, -0.15) is 0 Å². The molecule has 0 bridgehead atoms. The maximum Gasteiger partial charge on any atom is 0.410 e. The highest BCUT2D eigenvalue weighted by Gasteiger charge is 2.28. The molecular weight excluding hydrogens is 256 g/mol. The zero-order valence-corrected chi connectivity index (χ0v) is 13.7. The quantitative estimate of drug-likeness (QED) is 0.743. The molecule has 0 saturated carbocycles. The number of carbonyl (C=O) groups is 2. The lowest BCUT2D eigenvalue weighted by atomic mass is 9.91. The summed E-state index contributed by atoms with van der Waals surface area (Å²) in [6.45, 7) is 14.0. The van der Waals surface area contributed by atoms with Gasteiger partial charge in [0.15, 0.2) is 0 Å². The van der Waals surface area contributed by atoms with E-state index in [1.165, 1.54) is 0 Å². The highest BCUT2D eigenvalue weighted by molar-refractivity contribution is 5.77. The average molecular weight is 284 g/mol. The number of ether oxygens (including phenoxy) is 1.